The summed E-state index contributed by atoms with van der Waals surface area (Å²) in [6.45, 7) is 5.86. The molecule has 1 aromatic heterocycles. The largest absolute Gasteiger partial charge is 0.396 e. The number of nitrogens with one attached hydrogen (secondary N) is 1. The first-order valence-electron chi connectivity index (χ1n) is 11.2. The van der Waals surface area contributed by atoms with Crippen molar-refractivity contribution in [3.05, 3.63) is 42.2 Å². The van der Waals surface area contributed by atoms with Gasteiger partial charge in [-0.3, -0.25) is 4.79 Å². The van der Waals surface area contributed by atoms with E-state index >= 15 is 0 Å². The van der Waals surface area contributed by atoms with Crippen LogP contribution in [0.2, 0.25) is 0 Å². The Bertz CT molecular complexity index is 945. The van der Waals surface area contributed by atoms with E-state index in [0.29, 0.717) is 29.0 Å². The number of nitrogens with two attached hydrogens (primary N) is 1. The number of likely N-dealkylation sites (tertiary alicyclic amines) is 2. The van der Waals surface area contributed by atoms with Gasteiger partial charge in [0.15, 0.2) is 5.82 Å². The number of pyridine rings is 1. The van der Waals surface area contributed by atoms with E-state index in [1.54, 1.807) is 24.3 Å². The van der Waals surface area contributed by atoms with Gasteiger partial charge < -0.3 is 20.9 Å². The van der Waals surface area contributed by atoms with Gasteiger partial charge in [0, 0.05) is 44.2 Å². The molecule has 0 radical (unpaired) electrons. The zero-order valence-electron chi connectivity index (χ0n) is 17.9. The highest BCUT2D eigenvalue weighted by molar-refractivity contribution is 5.94. The molecular formula is C24H30FN5O. The van der Waals surface area contributed by atoms with Crippen LogP contribution < -0.4 is 11.1 Å². The number of benzene rings is 1. The molecule has 2 unspecified atom stereocenters. The predicted molar refractivity (Wildman–Crippen MR) is 120 cm³/mol. The summed E-state index contributed by atoms with van der Waals surface area (Å²) in [6, 6.07) is 9.66. The highest BCUT2D eigenvalue weighted by atomic mass is 19.1. The summed E-state index contributed by atoms with van der Waals surface area (Å²) in [4.78, 5) is 22.5. The lowest BCUT2D eigenvalue weighted by Crippen LogP contribution is -2.49. The SMILES string of the molecule is CN1CC(CN2CC3CC(C(=O)Nc4nc(-c5ccc(F)cc5)ccc4N)CC3C2)C1. The van der Waals surface area contributed by atoms with Gasteiger partial charge in [-0.25, -0.2) is 9.37 Å². The Labute approximate surface area is 182 Å². The van der Waals surface area contributed by atoms with Crippen molar-refractivity contribution in [3.8, 4) is 11.3 Å². The van der Waals surface area contributed by atoms with Crippen molar-refractivity contribution in [3.63, 3.8) is 0 Å². The predicted octanol–water partition coefficient (Wildman–Crippen LogP) is 2.93. The molecule has 31 heavy (non-hydrogen) atoms. The lowest BCUT2D eigenvalue weighted by atomic mass is 10.00. The fraction of sp³-hybridized carbons (Fsp3) is 0.500. The summed E-state index contributed by atoms with van der Waals surface area (Å²) in [7, 11) is 2.18. The third kappa shape index (κ3) is 4.29. The van der Waals surface area contributed by atoms with Gasteiger partial charge in [-0.05, 0) is 74.0 Å². The third-order valence-corrected chi connectivity index (χ3v) is 7.16. The first-order chi connectivity index (χ1) is 14.9. The molecule has 7 heteroatoms. The Balaban J connectivity index is 1.19. The van der Waals surface area contributed by atoms with Crippen LogP contribution in [-0.4, -0.2) is 60.5 Å². The molecule has 164 valence electrons. The van der Waals surface area contributed by atoms with Gasteiger partial charge in [0.1, 0.15) is 5.82 Å². The van der Waals surface area contributed by atoms with Crippen LogP contribution in [0.1, 0.15) is 12.8 Å². The van der Waals surface area contributed by atoms with Gasteiger partial charge in [-0.15, -0.1) is 0 Å². The van der Waals surface area contributed by atoms with Crippen molar-refractivity contribution in [1.82, 2.24) is 14.8 Å². The minimum absolute atomic E-state index is 0.0111. The quantitative estimate of drug-likeness (QED) is 0.774. The van der Waals surface area contributed by atoms with E-state index in [-0.39, 0.29) is 17.6 Å². The smallest absolute Gasteiger partial charge is 0.228 e. The van der Waals surface area contributed by atoms with Crippen LogP contribution in [0.3, 0.4) is 0 Å². The summed E-state index contributed by atoms with van der Waals surface area (Å²) in [5.74, 6) is 2.16. The maximum atomic E-state index is 13.2. The first-order valence-corrected chi connectivity index (χ1v) is 11.2. The van der Waals surface area contributed by atoms with Crippen LogP contribution in [0.5, 0.6) is 0 Å². The first kappa shape index (κ1) is 20.4. The van der Waals surface area contributed by atoms with Crippen molar-refractivity contribution < 1.29 is 9.18 Å². The number of rotatable bonds is 5. The minimum Gasteiger partial charge on any atom is -0.396 e. The fourth-order valence-corrected chi connectivity index (χ4v) is 5.64. The Hall–Kier alpha value is -2.51. The molecule has 5 rings (SSSR count). The van der Waals surface area contributed by atoms with Crippen molar-refractivity contribution in [1.29, 1.82) is 0 Å². The fourth-order valence-electron chi connectivity index (χ4n) is 5.64. The summed E-state index contributed by atoms with van der Waals surface area (Å²) in [5, 5.41) is 2.96. The standard InChI is InChI=1S/C24H30FN5O/c1-29-10-15(11-29)12-30-13-18-8-17(9-19(18)14-30)24(31)28-23-21(26)6-7-22(27-23)16-2-4-20(25)5-3-16/h2-7,15,17-19H,8-14,26H2,1H3,(H,27,28,31). The summed E-state index contributed by atoms with van der Waals surface area (Å²) in [6.07, 6.45) is 1.88. The van der Waals surface area contributed by atoms with Crippen molar-refractivity contribution >= 4 is 17.4 Å². The van der Waals surface area contributed by atoms with Gasteiger partial charge in [0.2, 0.25) is 5.91 Å². The van der Waals surface area contributed by atoms with Crippen LogP contribution in [0, 0.1) is 29.5 Å². The van der Waals surface area contributed by atoms with Crippen molar-refractivity contribution in [2.75, 3.05) is 50.8 Å². The molecule has 1 aliphatic carbocycles. The lowest BCUT2D eigenvalue weighted by Gasteiger charge is -2.38. The zero-order valence-corrected chi connectivity index (χ0v) is 17.9. The molecule has 0 bridgehead atoms. The molecule has 3 aliphatic rings. The van der Waals surface area contributed by atoms with E-state index in [4.69, 9.17) is 5.73 Å². The Morgan fingerprint density at radius 1 is 1.10 bits per heavy atom. The highest BCUT2D eigenvalue weighted by Crippen LogP contribution is 2.42. The van der Waals surface area contributed by atoms with E-state index in [2.05, 4.69) is 27.1 Å². The number of carbonyl (C=O) groups is 1. The molecule has 1 aromatic carbocycles. The number of amides is 1. The Morgan fingerprint density at radius 3 is 2.42 bits per heavy atom. The van der Waals surface area contributed by atoms with E-state index in [1.165, 1.54) is 31.8 Å². The second-order valence-corrected chi connectivity index (χ2v) is 9.62. The Morgan fingerprint density at radius 2 is 1.77 bits per heavy atom. The summed E-state index contributed by atoms with van der Waals surface area (Å²) >= 11 is 0. The number of hydrogen-bond donors (Lipinski definition) is 2. The van der Waals surface area contributed by atoms with Gasteiger partial charge in [0.05, 0.1) is 11.4 Å². The molecule has 2 saturated heterocycles. The minimum atomic E-state index is -0.293. The van der Waals surface area contributed by atoms with Crippen molar-refractivity contribution in [2.24, 2.45) is 23.7 Å². The number of halogens is 1. The normalized spacial score (nSPS) is 26.6. The number of nitrogen functional groups attached to an aromatic ring is 1. The number of fused-ring (bicyclic) bond motifs is 1. The molecule has 1 saturated carbocycles. The van der Waals surface area contributed by atoms with Crippen LogP contribution in [-0.2, 0) is 4.79 Å². The average Bonchev–Trinajstić information content (AvgIpc) is 3.28. The van der Waals surface area contributed by atoms with Gasteiger partial charge in [-0.1, -0.05) is 0 Å². The van der Waals surface area contributed by atoms with Crippen LogP contribution in [0.15, 0.2) is 36.4 Å². The maximum Gasteiger partial charge on any atom is 0.228 e. The van der Waals surface area contributed by atoms with Gasteiger partial charge in [0.25, 0.3) is 0 Å². The highest BCUT2D eigenvalue weighted by Gasteiger charge is 2.44. The number of aromatic nitrogens is 1. The summed E-state index contributed by atoms with van der Waals surface area (Å²) in [5.41, 5.74) is 7.96. The van der Waals surface area contributed by atoms with Gasteiger partial charge >= 0.3 is 0 Å². The van der Waals surface area contributed by atoms with Crippen LogP contribution in [0.4, 0.5) is 15.9 Å². The monoisotopic (exact) mass is 423 g/mol. The molecule has 6 nitrogen and oxygen atoms in total. The average molecular weight is 424 g/mol. The molecule has 3 N–H and O–H groups in total. The second-order valence-electron chi connectivity index (χ2n) is 9.62. The van der Waals surface area contributed by atoms with E-state index < -0.39 is 0 Å². The Kier molecular flexibility index (Phi) is 5.40. The molecule has 2 aromatic rings. The van der Waals surface area contributed by atoms with E-state index in [1.807, 2.05) is 0 Å². The van der Waals surface area contributed by atoms with Crippen molar-refractivity contribution in [2.45, 2.75) is 12.8 Å². The second kappa shape index (κ2) is 8.20. The molecular weight excluding hydrogens is 393 g/mol. The third-order valence-electron chi connectivity index (χ3n) is 7.16. The number of anilines is 2. The maximum absolute atomic E-state index is 13.2. The van der Waals surface area contributed by atoms with Crippen LogP contribution in [0.25, 0.3) is 11.3 Å². The van der Waals surface area contributed by atoms with Crippen LogP contribution >= 0.6 is 0 Å². The molecule has 3 heterocycles. The van der Waals surface area contributed by atoms with Gasteiger partial charge in [-0.2, -0.15) is 0 Å². The topological polar surface area (TPSA) is 74.5 Å². The van der Waals surface area contributed by atoms with E-state index in [9.17, 15) is 9.18 Å². The number of hydrogen-bond acceptors (Lipinski definition) is 5. The molecule has 2 aliphatic heterocycles. The number of carbonyl (C=O) groups excluding carboxylic acids is 1. The molecule has 2 atom stereocenters. The molecule has 0 spiro atoms. The molecule has 3 fully saturated rings. The van der Waals surface area contributed by atoms with E-state index in [0.717, 1.165) is 37.4 Å². The summed E-state index contributed by atoms with van der Waals surface area (Å²) < 4.78 is 13.2. The zero-order chi connectivity index (χ0) is 21.5. The number of nitrogens with zero attached hydrogens (tertiary/aromatic N) is 3. The molecule has 1 amide bonds. The lowest BCUT2D eigenvalue weighted by molar-refractivity contribution is -0.119.